The zero-order valence-electron chi connectivity index (χ0n) is 8.98. The summed E-state index contributed by atoms with van der Waals surface area (Å²) < 4.78 is 41.5. The first-order valence-electron chi connectivity index (χ1n) is 4.57. The Bertz CT molecular complexity index is 485. The number of para-hydroxylation sites is 1. The van der Waals surface area contributed by atoms with E-state index in [1.807, 2.05) is 0 Å². The van der Waals surface area contributed by atoms with Crippen LogP contribution in [-0.2, 0) is 0 Å². The van der Waals surface area contributed by atoms with Crippen LogP contribution in [0.3, 0.4) is 0 Å². The number of hydrogen-bond acceptors (Lipinski definition) is 2. The number of rotatable bonds is 3. The van der Waals surface area contributed by atoms with Crippen molar-refractivity contribution in [2.45, 2.75) is 6.61 Å². The van der Waals surface area contributed by atoms with E-state index in [9.17, 15) is 13.2 Å². The van der Waals surface area contributed by atoms with Crippen LogP contribution in [0.1, 0.15) is 0 Å². The number of aliphatic imine (C=N–C) groups is 2. The summed E-state index contributed by atoms with van der Waals surface area (Å²) in [6, 6.07) is 3.40. The molecule has 6 nitrogen and oxygen atoms in total. The first kappa shape index (κ1) is 13.6. The fourth-order valence-corrected chi connectivity index (χ4v) is 1.07. The Hall–Kier alpha value is -2.45. The van der Waals surface area contributed by atoms with E-state index in [0.29, 0.717) is 0 Å². The molecule has 0 aliphatic heterocycles. The highest BCUT2D eigenvalue weighted by Gasteiger charge is 2.14. The number of guanidine groups is 2. The third kappa shape index (κ3) is 3.85. The van der Waals surface area contributed by atoms with E-state index in [2.05, 4.69) is 14.7 Å². The molecule has 1 aromatic rings. The maximum absolute atomic E-state index is 13.3. The zero-order valence-corrected chi connectivity index (χ0v) is 8.98. The van der Waals surface area contributed by atoms with Gasteiger partial charge in [-0.1, -0.05) is 6.07 Å². The van der Waals surface area contributed by atoms with Crippen molar-refractivity contribution in [1.82, 2.24) is 0 Å². The normalized spacial score (nSPS) is 11.4. The van der Waals surface area contributed by atoms with Crippen molar-refractivity contribution in [2.75, 3.05) is 0 Å². The maximum atomic E-state index is 13.3. The molecule has 98 valence electrons. The van der Waals surface area contributed by atoms with Crippen LogP contribution in [0.25, 0.3) is 0 Å². The zero-order chi connectivity index (χ0) is 13.7. The third-order valence-electron chi connectivity index (χ3n) is 1.63. The van der Waals surface area contributed by atoms with Gasteiger partial charge < -0.3 is 21.9 Å². The molecule has 0 atom stereocenters. The lowest BCUT2D eigenvalue weighted by atomic mass is 10.3. The van der Waals surface area contributed by atoms with Crippen molar-refractivity contribution in [1.29, 1.82) is 0 Å². The number of halogens is 3. The summed E-state index contributed by atoms with van der Waals surface area (Å²) in [5.41, 5.74) is 15.1. The van der Waals surface area contributed by atoms with Gasteiger partial charge in [-0.05, 0) is 12.1 Å². The Morgan fingerprint density at radius 3 is 2.44 bits per heavy atom. The lowest BCUT2D eigenvalue weighted by Gasteiger charge is -2.08. The van der Waals surface area contributed by atoms with Gasteiger partial charge in [0.05, 0.1) is 0 Å². The topological polar surface area (TPSA) is 112 Å². The summed E-state index contributed by atoms with van der Waals surface area (Å²) in [6.45, 7) is -3.19. The molecule has 1 aromatic carbocycles. The summed E-state index contributed by atoms with van der Waals surface area (Å²) >= 11 is 0. The van der Waals surface area contributed by atoms with Gasteiger partial charge in [-0.3, -0.25) is 0 Å². The molecule has 0 spiro atoms. The van der Waals surface area contributed by atoms with Crippen molar-refractivity contribution in [3.05, 3.63) is 24.0 Å². The smallest absolute Gasteiger partial charge is 0.387 e. The van der Waals surface area contributed by atoms with Crippen LogP contribution in [0.4, 0.5) is 18.9 Å². The summed E-state index contributed by atoms with van der Waals surface area (Å²) in [6.07, 6.45) is 0. The highest BCUT2D eigenvalue weighted by atomic mass is 19.3. The Morgan fingerprint density at radius 2 is 1.89 bits per heavy atom. The van der Waals surface area contributed by atoms with E-state index in [-0.39, 0.29) is 11.6 Å². The van der Waals surface area contributed by atoms with Gasteiger partial charge in [0.1, 0.15) is 5.69 Å². The van der Waals surface area contributed by atoms with Gasteiger partial charge in [0.25, 0.3) is 0 Å². The van der Waals surface area contributed by atoms with Gasteiger partial charge in [-0.2, -0.15) is 13.8 Å². The summed E-state index contributed by atoms with van der Waals surface area (Å²) in [4.78, 5) is 6.92. The summed E-state index contributed by atoms with van der Waals surface area (Å²) in [7, 11) is 0. The van der Waals surface area contributed by atoms with Crippen molar-refractivity contribution in [3.8, 4) is 5.75 Å². The summed E-state index contributed by atoms with van der Waals surface area (Å²) in [5.74, 6) is -2.53. The third-order valence-corrected chi connectivity index (χ3v) is 1.63. The average molecular weight is 261 g/mol. The molecule has 0 aliphatic rings. The van der Waals surface area contributed by atoms with Crippen LogP contribution in [0.5, 0.6) is 5.75 Å². The van der Waals surface area contributed by atoms with Gasteiger partial charge in [0.2, 0.25) is 5.96 Å². The van der Waals surface area contributed by atoms with Crippen molar-refractivity contribution in [2.24, 2.45) is 27.2 Å². The highest BCUT2D eigenvalue weighted by Crippen LogP contribution is 2.31. The highest BCUT2D eigenvalue weighted by molar-refractivity contribution is 5.93. The van der Waals surface area contributed by atoms with E-state index in [0.717, 1.165) is 6.07 Å². The number of alkyl halides is 2. The second-order valence-corrected chi connectivity index (χ2v) is 2.97. The molecule has 0 radical (unpaired) electrons. The molecule has 0 aromatic heterocycles. The van der Waals surface area contributed by atoms with Gasteiger partial charge in [0, 0.05) is 0 Å². The standard InChI is InChI=1S/C9H10F3N5O/c10-4-2-1-3-5(6(4)18-7(11)12)16-9(15)17-8(13)14/h1-3,7H,(H6,13,14,15,16,17). The van der Waals surface area contributed by atoms with Gasteiger partial charge >= 0.3 is 6.61 Å². The second-order valence-electron chi connectivity index (χ2n) is 2.97. The van der Waals surface area contributed by atoms with E-state index >= 15 is 0 Å². The number of nitrogens with zero attached hydrogens (tertiary/aromatic N) is 2. The van der Waals surface area contributed by atoms with Gasteiger partial charge in [0.15, 0.2) is 17.5 Å². The molecule has 0 saturated heterocycles. The number of benzene rings is 1. The average Bonchev–Trinajstić information content (AvgIpc) is 2.21. The van der Waals surface area contributed by atoms with E-state index in [1.165, 1.54) is 12.1 Å². The Kier molecular flexibility index (Phi) is 4.35. The Morgan fingerprint density at radius 1 is 1.22 bits per heavy atom. The van der Waals surface area contributed by atoms with Crippen LogP contribution in [0, 0.1) is 5.82 Å². The maximum Gasteiger partial charge on any atom is 0.387 e. The van der Waals surface area contributed by atoms with Crippen LogP contribution in [0.15, 0.2) is 28.2 Å². The first-order valence-corrected chi connectivity index (χ1v) is 4.57. The van der Waals surface area contributed by atoms with Crippen molar-refractivity contribution < 1.29 is 17.9 Å². The van der Waals surface area contributed by atoms with Crippen LogP contribution in [0.2, 0.25) is 0 Å². The minimum atomic E-state index is -3.19. The fourth-order valence-electron chi connectivity index (χ4n) is 1.07. The molecule has 0 unspecified atom stereocenters. The molecule has 0 saturated carbocycles. The molecule has 1 rings (SSSR count). The molecular formula is C9H10F3N5O. The monoisotopic (exact) mass is 261 g/mol. The number of nitrogens with two attached hydrogens (primary N) is 3. The van der Waals surface area contributed by atoms with Crippen LogP contribution in [-0.4, -0.2) is 18.5 Å². The number of ether oxygens (including phenoxy) is 1. The van der Waals surface area contributed by atoms with E-state index in [1.54, 1.807) is 0 Å². The predicted octanol–water partition coefficient (Wildman–Crippen LogP) is 0.647. The Labute approximate surface area is 99.9 Å². The molecule has 9 heteroatoms. The lowest BCUT2D eigenvalue weighted by molar-refractivity contribution is -0.0517. The minimum absolute atomic E-state index is 0.252. The lowest BCUT2D eigenvalue weighted by Crippen LogP contribution is -2.26. The van der Waals surface area contributed by atoms with Crippen LogP contribution >= 0.6 is 0 Å². The quantitative estimate of drug-likeness (QED) is 0.547. The molecule has 6 N–H and O–H groups in total. The van der Waals surface area contributed by atoms with Crippen molar-refractivity contribution in [3.63, 3.8) is 0 Å². The molecule has 0 bridgehead atoms. The van der Waals surface area contributed by atoms with E-state index in [4.69, 9.17) is 17.2 Å². The molecule has 0 heterocycles. The van der Waals surface area contributed by atoms with Gasteiger partial charge in [-0.15, -0.1) is 0 Å². The predicted molar refractivity (Wildman–Crippen MR) is 60.1 cm³/mol. The first-order chi connectivity index (χ1) is 8.40. The SMILES string of the molecule is NC(N)=NC(N)=Nc1cccc(F)c1OC(F)F. The summed E-state index contributed by atoms with van der Waals surface area (Å²) in [5, 5.41) is 0. The minimum Gasteiger partial charge on any atom is -0.429 e. The second kappa shape index (κ2) is 5.75. The fraction of sp³-hybridized carbons (Fsp3) is 0.111. The molecule has 0 fully saturated rings. The molecule has 0 aliphatic carbocycles. The number of hydrogen-bond donors (Lipinski definition) is 3. The molecule has 18 heavy (non-hydrogen) atoms. The van der Waals surface area contributed by atoms with Crippen molar-refractivity contribution >= 4 is 17.6 Å². The Balaban J connectivity index is 3.16. The van der Waals surface area contributed by atoms with E-state index < -0.39 is 24.1 Å². The van der Waals surface area contributed by atoms with Crippen LogP contribution < -0.4 is 21.9 Å². The van der Waals surface area contributed by atoms with Gasteiger partial charge in [-0.25, -0.2) is 9.38 Å². The largest absolute Gasteiger partial charge is 0.429 e. The molecule has 0 amide bonds. The molecular weight excluding hydrogens is 251 g/mol.